The summed E-state index contributed by atoms with van der Waals surface area (Å²) >= 11 is 0. The van der Waals surface area contributed by atoms with Gasteiger partial charge in [0.1, 0.15) is 5.82 Å². The van der Waals surface area contributed by atoms with Gasteiger partial charge in [-0.25, -0.2) is 4.98 Å². The molecule has 2 saturated heterocycles. The van der Waals surface area contributed by atoms with E-state index in [2.05, 4.69) is 15.7 Å². The molecule has 1 aromatic rings. The summed E-state index contributed by atoms with van der Waals surface area (Å²) < 4.78 is 2.33. The maximum Gasteiger partial charge on any atom is 0.224 e. The van der Waals surface area contributed by atoms with Crippen LogP contribution in [0.4, 0.5) is 0 Å². The van der Waals surface area contributed by atoms with Crippen LogP contribution in [-0.4, -0.2) is 57.3 Å². The number of carbonyl (C=O) groups excluding carboxylic acids is 2. The summed E-state index contributed by atoms with van der Waals surface area (Å²) in [5, 5.41) is 0. The standard InChI is InChI=1S/C22H34N4O2/c27-20-9-2-1-3-12-24(20)14-10-21(28)25-13-5-8-19(17-25)22-23-11-15-26(22)16-18-6-4-7-18/h11,15,18-19H,1-10,12-14,16-17H2/t19-/m0/s1. The summed E-state index contributed by atoms with van der Waals surface area (Å²) in [4.78, 5) is 33.6. The zero-order valence-corrected chi connectivity index (χ0v) is 17.0. The minimum atomic E-state index is 0.193. The Morgan fingerprint density at radius 3 is 2.79 bits per heavy atom. The molecule has 28 heavy (non-hydrogen) atoms. The number of piperidine rings is 1. The Kier molecular flexibility index (Phi) is 6.33. The van der Waals surface area contributed by atoms with E-state index in [-0.39, 0.29) is 11.8 Å². The van der Waals surface area contributed by atoms with Crippen molar-refractivity contribution in [2.24, 2.45) is 5.92 Å². The molecule has 1 aromatic heterocycles. The van der Waals surface area contributed by atoms with Gasteiger partial charge in [0.25, 0.3) is 0 Å². The third-order valence-corrected chi connectivity index (χ3v) is 6.83. The number of carbonyl (C=O) groups is 2. The highest BCUT2D eigenvalue weighted by Gasteiger charge is 2.29. The molecule has 3 heterocycles. The fraction of sp³-hybridized carbons (Fsp3) is 0.773. The van der Waals surface area contributed by atoms with Crippen LogP contribution in [0.15, 0.2) is 12.4 Å². The number of hydrogen-bond acceptors (Lipinski definition) is 3. The Morgan fingerprint density at radius 1 is 1.07 bits per heavy atom. The number of likely N-dealkylation sites (tertiary alicyclic amines) is 2. The van der Waals surface area contributed by atoms with Gasteiger partial charge in [0, 0.05) is 63.9 Å². The van der Waals surface area contributed by atoms with E-state index in [1.165, 1.54) is 19.3 Å². The average molecular weight is 387 g/mol. The van der Waals surface area contributed by atoms with Crippen LogP contribution in [0.1, 0.15) is 76.0 Å². The minimum absolute atomic E-state index is 0.193. The van der Waals surface area contributed by atoms with Crippen molar-refractivity contribution >= 4 is 11.8 Å². The second kappa shape index (κ2) is 9.10. The van der Waals surface area contributed by atoms with Crippen LogP contribution in [0.5, 0.6) is 0 Å². The van der Waals surface area contributed by atoms with Crippen LogP contribution >= 0.6 is 0 Å². The van der Waals surface area contributed by atoms with Crippen molar-refractivity contribution in [3.63, 3.8) is 0 Å². The van der Waals surface area contributed by atoms with E-state index in [9.17, 15) is 9.59 Å². The molecule has 6 heteroatoms. The summed E-state index contributed by atoms with van der Waals surface area (Å²) in [7, 11) is 0. The van der Waals surface area contributed by atoms with Crippen molar-refractivity contribution in [2.45, 2.75) is 76.7 Å². The quantitative estimate of drug-likeness (QED) is 0.754. The molecule has 2 amide bonds. The van der Waals surface area contributed by atoms with Crippen LogP contribution in [0.3, 0.4) is 0 Å². The summed E-state index contributed by atoms with van der Waals surface area (Å²) in [5.41, 5.74) is 0. The molecule has 0 N–H and O–H groups in total. The highest BCUT2D eigenvalue weighted by molar-refractivity contribution is 5.79. The number of imidazole rings is 1. The maximum atomic E-state index is 12.8. The van der Waals surface area contributed by atoms with Crippen molar-refractivity contribution in [1.29, 1.82) is 0 Å². The van der Waals surface area contributed by atoms with E-state index in [1.807, 2.05) is 16.0 Å². The number of rotatable bonds is 6. The van der Waals surface area contributed by atoms with E-state index in [1.54, 1.807) is 0 Å². The van der Waals surface area contributed by atoms with Crippen LogP contribution in [0, 0.1) is 5.92 Å². The zero-order valence-electron chi connectivity index (χ0n) is 17.0. The molecule has 2 aliphatic heterocycles. The SMILES string of the molecule is O=C1CCCCCN1CCC(=O)N1CCC[C@H](c2nccn2CC2CCC2)C1. The van der Waals surface area contributed by atoms with Crippen LogP contribution in [-0.2, 0) is 16.1 Å². The first kappa shape index (κ1) is 19.5. The molecule has 6 nitrogen and oxygen atoms in total. The molecule has 0 spiro atoms. The largest absolute Gasteiger partial charge is 0.342 e. The number of hydrogen-bond donors (Lipinski definition) is 0. The first-order chi connectivity index (χ1) is 13.7. The van der Waals surface area contributed by atoms with Crippen molar-refractivity contribution in [3.8, 4) is 0 Å². The van der Waals surface area contributed by atoms with Crippen molar-refractivity contribution in [3.05, 3.63) is 18.2 Å². The van der Waals surface area contributed by atoms with Gasteiger partial charge in [0.15, 0.2) is 0 Å². The van der Waals surface area contributed by atoms with Gasteiger partial charge >= 0.3 is 0 Å². The Bertz CT molecular complexity index is 682. The van der Waals surface area contributed by atoms with E-state index in [4.69, 9.17) is 0 Å². The molecular weight excluding hydrogens is 352 g/mol. The van der Waals surface area contributed by atoms with Gasteiger partial charge in [0.05, 0.1) is 0 Å². The minimum Gasteiger partial charge on any atom is -0.342 e. The molecule has 0 radical (unpaired) electrons. The molecule has 154 valence electrons. The molecule has 0 unspecified atom stereocenters. The highest BCUT2D eigenvalue weighted by Crippen LogP contribution is 2.31. The van der Waals surface area contributed by atoms with Gasteiger partial charge in [-0.15, -0.1) is 0 Å². The normalized spacial score (nSPS) is 24.1. The first-order valence-electron chi connectivity index (χ1n) is 11.3. The lowest BCUT2D eigenvalue weighted by atomic mass is 9.85. The third kappa shape index (κ3) is 4.58. The number of aromatic nitrogens is 2. The second-order valence-electron chi connectivity index (χ2n) is 8.86. The fourth-order valence-corrected chi connectivity index (χ4v) is 4.87. The molecule has 3 aliphatic rings. The summed E-state index contributed by atoms with van der Waals surface area (Å²) in [6, 6.07) is 0. The molecule has 0 aromatic carbocycles. The fourth-order valence-electron chi connectivity index (χ4n) is 4.87. The average Bonchev–Trinajstić information content (AvgIpc) is 3.05. The van der Waals surface area contributed by atoms with Gasteiger partial charge in [0.2, 0.25) is 11.8 Å². The predicted octanol–water partition coefficient (Wildman–Crippen LogP) is 3.18. The topological polar surface area (TPSA) is 58.4 Å². The van der Waals surface area contributed by atoms with E-state index in [0.717, 1.165) is 70.0 Å². The van der Waals surface area contributed by atoms with Crippen molar-refractivity contribution in [1.82, 2.24) is 19.4 Å². The van der Waals surface area contributed by atoms with Crippen molar-refractivity contribution in [2.75, 3.05) is 26.2 Å². The van der Waals surface area contributed by atoms with Gasteiger partial charge in [-0.1, -0.05) is 12.8 Å². The number of amides is 2. The lowest BCUT2D eigenvalue weighted by Gasteiger charge is -2.34. The molecule has 4 rings (SSSR count). The molecule has 3 fully saturated rings. The monoisotopic (exact) mass is 386 g/mol. The Balaban J connectivity index is 1.31. The molecular formula is C22H34N4O2. The lowest BCUT2D eigenvalue weighted by Crippen LogP contribution is -2.42. The molecule has 0 bridgehead atoms. The molecule has 1 saturated carbocycles. The van der Waals surface area contributed by atoms with Gasteiger partial charge in [-0.3, -0.25) is 9.59 Å². The van der Waals surface area contributed by atoms with Gasteiger partial charge in [-0.05, 0) is 44.4 Å². The Hall–Kier alpha value is -1.85. The Morgan fingerprint density at radius 2 is 1.96 bits per heavy atom. The van der Waals surface area contributed by atoms with Crippen LogP contribution < -0.4 is 0 Å². The smallest absolute Gasteiger partial charge is 0.224 e. The Labute approximate surface area is 168 Å². The van der Waals surface area contributed by atoms with E-state index < -0.39 is 0 Å². The molecule has 1 atom stereocenters. The maximum absolute atomic E-state index is 12.8. The van der Waals surface area contributed by atoms with Crippen molar-refractivity contribution < 1.29 is 9.59 Å². The first-order valence-corrected chi connectivity index (χ1v) is 11.3. The lowest BCUT2D eigenvalue weighted by molar-refractivity contribution is -0.135. The third-order valence-electron chi connectivity index (χ3n) is 6.83. The highest BCUT2D eigenvalue weighted by atomic mass is 16.2. The summed E-state index contributed by atoms with van der Waals surface area (Å²) in [6.07, 6.45) is 14.5. The van der Waals surface area contributed by atoms with Gasteiger partial charge < -0.3 is 14.4 Å². The van der Waals surface area contributed by atoms with Gasteiger partial charge in [-0.2, -0.15) is 0 Å². The van der Waals surface area contributed by atoms with E-state index >= 15 is 0 Å². The summed E-state index contributed by atoms with van der Waals surface area (Å²) in [6.45, 7) is 4.08. The van der Waals surface area contributed by atoms with Crippen LogP contribution in [0.25, 0.3) is 0 Å². The predicted molar refractivity (Wildman–Crippen MR) is 108 cm³/mol. The zero-order chi connectivity index (χ0) is 19.3. The number of nitrogens with zero attached hydrogens (tertiary/aromatic N) is 4. The van der Waals surface area contributed by atoms with Crippen LogP contribution in [0.2, 0.25) is 0 Å². The van der Waals surface area contributed by atoms with E-state index in [0.29, 0.717) is 25.3 Å². The molecule has 1 aliphatic carbocycles. The second-order valence-corrected chi connectivity index (χ2v) is 8.86. The summed E-state index contributed by atoms with van der Waals surface area (Å²) in [5.74, 6) is 2.72.